The van der Waals surface area contributed by atoms with Crippen molar-refractivity contribution in [2.24, 2.45) is 5.73 Å². The molecule has 4 nitrogen and oxygen atoms in total. The second kappa shape index (κ2) is 5.47. The number of rotatable bonds is 3. The zero-order chi connectivity index (χ0) is 14.0. The summed E-state index contributed by atoms with van der Waals surface area (Å²) in [5.74, 6) is 0. The molecule has 1 unspecified atom stereocenters. The van der Waals surface area contributed by atoms with Crippen molar-refractivity contribution < 1.29 is 4.74 Å². The van der Waals surface area contributed by atoms with Gasteiger partial charge >= 0.3 is 0 Å². The zero-order valence-electron chi connectivity index (χ0n) is 12.1. The molecule has 2 rings (SSSR count). The first-order valence-corrected chi connectivity index (χ1v) is 6.98. The topological polar surface area (TPSA) is 57.2 Å². The fourth-order valence-corrected chi connectivity index (χ4v) is 2.61. The van der Waals surface area contributed by atoms with Crippen molar-refractivity contribution in [1.82, 2.24) is 4.57 Å². The number of hydrogen-bond donors (Lipinski definition) is 1. The summed E-state index contributed by atoms with van der Waals surface area (Å²) in [4.78, 5) is 12.5. The molecule has 19 heavy (non-hydrogen) atoms. The van der Waals surface area contributed by atoms with Crippen LogP contribution in [0.2, 0.25) is 0 Å². The van der Waals surface area contributed by atoms with Crippen LogP contribution in [-0.4, -0.2) is 17.3 Å². The third-order valence-corrected chi connectivity index (χ3v) is 3.65. The van der Waals surface area contributed by atoms with E-state index in [4.69, 9.17) is 10.5 Å². The van der Waals surface area contributed by atoms with E-state index in [2.05, 4.69) is 20.8 Å². The number of aromatic nitrogens is 1. The van der Waals surface area contributed by atoms with Gasteiger partial charge in [0, 0.05) is 29.8 Å². The van der Waals surface area contributed by atoms with Gasteiger partial charge in [0.1, 0.15) is 0 Å². The Morgan fingerprint density at radius 1 is 1.42 bits per heavy atom. The highest BCUT2D eigenvalue weighted by Gasteiger charge is 2.23. The van der Waals surface area contributed by atoms with Crippen LogP contribution in [0.25, 0.3) is 0 Å². The second-order valence-corrected chi connectivity index (χ2v) is 6.25. The number of hydrogen-bond acceptors (Lipinski definition) is 3. The summed E-state index contributed by atoms with van der Waals surface area (Å²) in [5, 5.41) is 0. The van der Waals surface area contributed by atoms with Gasteiger partial charge in [-0.1, -0.05) is 26.8 Å². The van der Waals surface area contributed by atoms with E-state index in [0.717, 1.165) is 25.1 Å². The van der Waals surface area contributed by atoms with Crippen molar-refractivity contribution >= 4 is 0 Å². The van der Waals surface area contributed by atoms with Gasteiger partial charge in [-0.2, -0.15) is 0 Å². The Morgan fingerprint density at radius 2 is 2.16 bits per heavy atom. The minimum absolute atomic E-state index is 0.0328. The summed E-state index contributed by atoms with van der Waals surface area (Å²) in [6.45, 7) is 8.09. The summed E-state index contributed by atoms with van der Waals surface area (Å²) in [7, 11) is 0. The lowest BCUT2D eigenvalue weighted by Gasteiger charge is -2.26. The van der Waals surface area contributed by atoms with Gasteiger partial charge in [-0.25, -0.2) is 0 Å². The first-order chi connectivity index (χ1) is 8.93. The third kappa shape index (κ3) is 3.07. The number of ether oxygens (including phenoxy) is 1. The van der Waals surface area contributed by atoms with E-state index in [1.807, 2.05) is 16.7 Å². The van der Waals surface area contributed by atoms with Crippen LogP contribution in [0.1, 0.15) is 44.9 Å². The van der Waals surface area contributed by atoms with E-state index in [-0.39, 0.29) is 23.6 Å². The highest BCUT2D eigenvalue weighted by atomic mass is 16.5. The Labute approximate surface area is 114 Å². The van der Waals surface area contributed by atoms with Gasteiger partial charge < -0.3 is 15.0 Å². The minimum Gasteiger partial charge on any atom is -0.376 e. The Hall–Kier alpha value is -1.13. The molecule has 0 aromatic carbocycles. The van der Waals surface area contributed by atoms with Crippen molar-refractivity contribution in [3.05, 3.63) is 33.7 Å². The first kappa shape index (κ1) is 14.3. The van der Waals surface area contributed by atoms with Crippen LogP contribution in [-0.2, 0) is 23.2 Å². The Morgan fingerprint density at radius 3 is 2.68 bits per heavy atom. The molecule has 1 fully saturated rings. The van der Waals surface area contributed by atoms with Gasteiger partial charge in [0.25, 0.3) is 5.56 Å². The van der Waals surface area contributed by atoms with E-state index in [0.29, 0.717) is 12.1 Å². The molecule has 0 radical (unpaired) electrons. The van der Waals surface area contributed by atoms with Crippen molar-refractivity contribution in [3.63, 3.8) is 0 Å². The summed E-state index contributed by atoms with van der Waals surface area (Å²) in [6, 6.07) is 3.88. The van der Waals surface area contributed by atoms with Gasteiger partial charge in [0.15, 0.2) is 0 Å². The molecular formula is C15H24N2O2. The SMILES string of the molecule is CC(C)(C)c1ccc(CN)c(=O)n1CC1CCCO1. The van der Waals surface area contributed by atoms with Gasteiger partial charge in [-0.15, -0.1) is 0 Å². The lowest BCUT2D eigenvalue weighted by atomic mass is 9.90. The van der Waals surface area contributed by atoms with Crippen LogP contribution in [0.3, 0.4) is 0 Å². The van der Waals surface area contributed by atoms with Gasteiger partial charge in [-0.05, 0) is 18.9 Å². The Bertz CT molecular complexity index is 494. The summed E-state index contributed by atoms with van der Waals surface area (Å²) < 4.78 is 7.52. The van der Waals surface area contributed by atoms with E-state index in [1.165, 1.54) is 0 Å². The third-order valence-electron chi connectivity index (χ3n) is 3.65. The van der Waals surface area contributed by atoms with Crippen molar-refractivity contribution in [2.75, 3.05) is 6.61 Å². The predicted molar refractivity (Wildman–Crippen MR) is 76.3 cm³/mol. The molecule has 2 heterocycles. The molecule has 1 saturated heterocycles. The molecule has 106 valence electrons. The fraction of sp³-hybridized carbons (Fsp3) is 0.667. The fourth-order valence-electron chi connectivity index (χ4n) is 2.61. The van der Waals surface area contributed by atoms with E-state index in [1.54, 1.807) is 0 Å². The maximum Gasteiger partial charge on any atom is 0.255 e. The summed E-state index contributed by atoms with van der Waals surface area (Å²) in [6.07, 6.45) is 2.27. The van der Waals surface area contributed by atoms with Crippen LogP contribution >= 0.6 is 0 Å². The highest BCUT2D eigenvalue weighted by Crippen LogP contribution is 2.23. The normalized spacial score (nSPS) is 19.9. The number of nitrogens with zero attached hydrogens (tertiary/aromatic N) is 1. The molecule has 4 heteroatoms. The Kier molecular flexibility index (Phi) is 4.11. The average Bonchev–Trinajstić information content (AvgIpc) is 2.83. The average molecular weight is 264 g/mol. The monoisotopic (exact) mass is 264 g/mol. The van der Waals surface area contributed by atoms with Crippen LogP contribution in [0, 0.1) is 0 Å². The van der Waals surface area contributed by atoms with Crippen molar-refractivity contribution in [3.8, 4) is 0 Å². The number of nitrogens with two attached hydrogens (primary N) is 1. The van der Waals surface area contributed by atoms with Gasteiger partial charge in [0.2, 0.25) is 0 Å². The second-order valence-electron chi connectivity index (χ2n) is 6.25. The first-order valence-electron chi connectivity index (χ1n) is 6.98. The molecule has 1 aliphatic rings. The van der Waals surface area contributed by atoms with E-state index in [9.17, 15) is 4.79 Å². The molecule has 2 N–H and O–H groups in total. The molecule has 0 amide bonds. The molecule has 0 bridgehead atoms. The van der Waals surface area contributed by atoms with Crippen LogP contribution < -0.4 is 11.3 Å². The quantitative estimate of drug-likeness (QED) is 0.905. The predicted octanol–water partition coefficient (Wildman–Crippen LogP) is 1.78. The van der Waals surface area contributed by atoms with Crippen molar-refractivity contribution in [1.29, 1.82) is 0 Å². The van der Waals surface area contributed by atoms with E-state index < -0.39 is 0 Å². The van der Waals surface area contributed by atoms with Crippen LogP contribution in [0.15, 0.2) is 16.9 Å². The van der Waals surface area contributed by atoms with Crippen LogP contribution in [0.5, 0.6) is 0 Å². The lowest BCUT2D eigenvalue weighted by molar-refractivity contribution is 0.0946. The number of pyridine rings is 1. The van der Waals surface area contributed by atoms with E-state index >= 15 is 0 Å². The maximum atomic E-state index is 12.5. The van der Waals surface area contributed by atoms with Gasteiger partial charge in [-0.3, -0.25) is 4.79 Å². The minimum atomic E-state index is -0.0646. The van der Waals surface area contributed by atoms with Gasteiger partial charge in [0.05, 0.1) is 12.6 Å². The zero-order valence-corrected chi connectivity index (χ0v) is 12.1. The van der Waals surface area contributed by atoms with Crippen molar-refractivity contribution in [2.45, 2.75) is 58.2 Å². The standard InChI is InChI=1S/C15H24N2O2/c1-15(2,3)13-7-6-11(9-16)14(18)17(13)10-12-5-4-8-19-12/h6-7,12H,4-5,8-10,16H2,1-3H3. The largest absolute Gasteiger partial charge is 0.376 e. The molecule has 1 atom stereocenters. The molecule has 1 aliphatic heterocycles. The molecule has 0 saturated carbocycles. The molecule has 0 spiro atoms. The van der Waals surface area contributed by atoms with Crippen LogP contribution in [0.4, 0.5) is 0 Å². The molecule has 1 aromatic rings. The maximum absolute atomic E-state index is 12.5. The summed E-state index contributed by atoms with van der Waals surface area (Å²) in [5.41, 5.74) is 7.33. The molecule has 0 aliphatic carbocycles. The lowest BCUT2D eigenvalue weighted by Crippen LogP contribution is -2.35. The smallest absolute Gasteiger partial charge is 0.255 e. The molecule has 1 aromatic heterocycles. The molecular weight excluding hydrogens is 240 g/mol. The highest BCUT2D eigenvalue weighted by molar-refractivity contribution is 5.21. The summed E-state index contributed by atoms with van der Waals surface area (Å²) >= 11 is 0. The Balaban J connectivity index is 2.43.